The SMILES string of the molecule is COc1cc(Cl)c(F)cc1-c1nccc2cc(S(=O)Oc3c(F)c(F)c(F)c(F)c3F)ccc12. The average Bonchev–Trinajstić information content (AvgIpc) is 2.84. The molecule has 4 aromatic rings. The molecule has 0 fully saturated rings. The maximum Gasteiger partial charge on any atom is 0.240 e. The molecule has 1 atom stereocenters. The first-order valence-corrected chi connectivity index (χ1v) is 10.6. The monoisotopic (exact) mass is 517 g/mol. The molecule has 4 nitrogen and oxygen atoms in total. The van der Waals surface area contributed by atoms with Crippen LogP contribution in [0, 0.1) is 34.9 Å². The summed E-state index contributed by atoms with van der Waals surface area (Å²) in [6, 6.07) is 7.83. The predicted octanol–water partition coefficient (Wildman–Crippen LogP) is 6.50. The average molecular weight is 518 g/mol. The lowest BCUT2D eigenvalue weighted by Gasteiger charge is -2.12. The maximum absolute atomic E-state index is 14.1. The van der Waals surface area contributed by atoms with Crippen molar-refractivity contribution in [3.63, 3.8) is 0 Å². The molecule has 1 unspecified atom stereocenters. The summed E-state index contributed by atoms with van der Waals surface area (Å²) in [6.07, 6.45) is 1.36. The Balaban J connectivity index is 1.76. The third kappa shape index (κ3) is 4.05. The van der Waals surface area contributed by atoms with Gasteiger partial charge in [0.05, 0.1) is 22.7 Å². The van der Waals surface area contributed by atoms with E-state index < -0.39 is 51.7 Å². The molecule has 0 N–H and O–H groups in total. The van der Waals surface area contributed by atoms with Crippen LogP contribution in [0.5, 0.6) is 11.5 Å². The van der Waals surface area contributed by atoms with Crippen LogP contribution in [0.1, 0.15) is 0 Å². The van der Waals surface area contributed by atoms with Crippen molar-refractivity contribution in [2.24, 2.45) is 0 Å². The van der Waals surface area contributed by atoms with E-state index in [9.17, 15) is 30.6 Å². The zero-order valence-corrected chi connectivity index (χ0v) is 18.3. The van der Waals surface area contributed by atoms with Gasteiger partial charge >= 0.3 is 0 Å². The van der Waals surface area contributed by atoms with E-state index in [4.69, 9.17) is 16.3 Å². The Hall–Kier alpha value is -3.31. The number of rotatable bonds is 5. The standard InChI is InChI=1S/C22H10ClF6NO3S/c1-32-15-8-13(23)14(24)7-12(15)21-11-3-2-10(6-9(11)4-5-30-21)34(31)33-22-19(28)17(26)16(25)18(27)20(22)29/h2-8H,1H3. The number of nitrogens with zero attached hydrogens (tertiary/aromatic N) is 1. The first kappa shape index (κ1) is 23.8. The van der Waals surface area contributed by atoms with E-state index in [-0.39, 0.29) is 26.9 Å². The van der Waals surface area contributed by atoms with Gasteiger partial charge in [0.1, 0.15) is 11.6 Å². The van der Waals surface area contributed by atoms with Crippen LogP contribution in [0.3, 0.4) is 0 Å². The number of hydrogen-bond donors (Lipinski definition) is 0. The van der Waals surface area contributed by atoms with Crippen molar-refractivity contribution in [1.82, 2.24) is 4.98 Å². The molecule has 3 aromatic carbocycles. The van der Waals surface area contributed by atoms with Gasteiger partial charge in [-0.2, -0.15) is 8.78 Å². The minimum absolute atomic E-state index is 0.150. The smallest absolute Gasteiger partial charge is 0.240 e. The topological polar surface area (TPSA) is 48.4 Å². The molecule has 1 aromatic heterocycles. The Morgan fingerprint density at radius 2 is 1.53 bits per heavy atom. The number of methoxy groups -OCH3 is 1. The number of pyridine rings is 1. The Labute approximate surface area is 195 Å². The normalized spacial score (nSPS) is 12.1. The number of aromatic nitrogens is 1. The van der Waals surface area contributed by atoms with Crippen molar-refractivity contribution in [2.75, 3.05) is 7.11 Å². The number of ether oxygens (including phenoxy) is 1. The highest BCUT2D eigenvalue weighted by molar-refractivity contribution is 7.80. The van der Waals surface area contributed by atoms with Crippen molar-refractivity contribution in [2.45, 2.75) is 4.90 Å². The van der Waals surface area contributed by atoms with E-state index in [0.717, 1.165) is 6.07 Å². The van der Waals surface area contributed by atoms with E-state index in [1.54, 1.807) is 0 Å². The van der Waals surface area contributed by atoms with Gasteiger partial charge in [-0.25, -0.2) is 21.8 Å². The molecule has 0 aliphatic rings. The minimum atomic E-state index is -2.66. The van der Waals surface area contributed by atoms with Crippen molar-refractivity contribution in [3.8, 4) is 22.8 Å². The molecule has 0 radical (unpaired) electrons. The van der Waals surface area contributed by atoms with Crippen LogP contribution in [-0.2, 0) is 11.1 Å². The van der Waals surface area contributed by atoms with Gasteiger partial charge in [-0.05, 0) is 29.7 Å². The summed E-state index contributed by atoms with van der Waals surface area (Å²) >= 11 is 3.14. The van der Waals surface area contributed by atoms with Crippen LogP contribution in [0.25, 0.3) is 22.0 Å². The van der Waals surface area contributed by atoms with E-state index in [0.29, 0.717) is 10.8 Å². The summed E-state index contributed by atoms with van der Waals surface area (Å²) in [7, 11) is 1.36. The van der Waals surface area contributed by atoms with Gasteiger partial charge in [0, 0.05) is 23.2 Å². The second-order valence-corrected chi connectivity index (χ2v) is 8.24. The molecule has 0 aliphatic carbocycles. The first-order chi connectivity index (χ1) is 16.1. The number of halogens is 7. The molecule has 0 spiro atoms. The zero-order valence-electron chi connectivity index (χ0n) is 16.8. The van der Waals surface area contributed by atoms with Crippen LogP contribution in [-0.4, -0.2) is 16.3 Å². The van der Waals surface area contributed by atoms with E-state index in [1.807, 2.05) is 0 Å². The van der Waals surface area contributed by atoms with Crippen molar-refractivity contribution < 1.29 is 39.5 Å². The van der Waals surface area contributed by atoms with Crippen LogP contribution < -0.4 is 8.92 Å². The van der Waals surface area contributed by atoms with E-state index in [2.05, 4.69) is 9.17 Å². The molecule has 34 heavy (non-hydrogen) atoms. The summed E-state index contributed by atoms with van der Waals surface area (Å²) < 4.78 is 104. The highest BCUT2D eigenvalue weighted by Crippen LogP contribution is 2.37. The fraction of sp³-hybridized carbons (Fsp3) is 0.0455. The fourth-order valence-corrected chi connectivity index (χ4v) is 4.09. The van der Waals surface area contributed by atoms with Gasteiger partial charge in [0.15, 0.2) is 0 Å². The lowest BCUT2D eigenvalue weighted by Crippen LogP contribution is -2.09. The lowest BCUT2D eigenvalue weighted by atomic mass is 10.0. The molecule has 0 aliphatic heterocycles. The molecule has 4 rings (SSSR count). The summed E-state index contributed by atoms with van der Waals surface area (Å²) in [5, 5.41) is 0.678. The highest BCUT2D eigenvalue weighted by atomic mass is 35.5. The predicted molar refractivity (Wildman–Crippen MR) is 112 cm³/mol. The quantitative estimate of drug-likeness (QED) is 0.172. The van der Waals surface area contributed by atoms with E-state index in [1.165, 1.54) is 43.6 Å². The molecule has 1 heterocycles. The third-order valence-corrected chi connectivity index (χ3v) is 6.00. The lowest BCUT2D eigenvalue weighted by molar-refractivity contribution is 0.352. The Bertz CT molecular complexity index is 1450. The number of benzene rings is 3. The summed E-state index contributed by atoms with van der Waals surface area (Å²) in [4.78, 5) is 4.08. The summed E-state index contributed by atoms with van der Waals surface area (Å²) in [6.45, 7) is 0. The molecule has 176 valence electrons. The Morgan fingerprint density at radius 1 is 0.882 bits per heavy atom. The van der Waals surface area contributed by atoms with Gasteiger partial charge in [0.25, 0.3) is 0 Å². The second kappa shape index (κ2) is 9.15. The van der Waals surface area contributed by atoms with E-state index >= 15 is 0 Å². The Morgan fingerprint density at radius 3 is 2.18 bits per heavy atom. The third-order valence-electron chi connectivity index (χ3n) is 4.75. The highest BCUT2D eigenvalue weighted by Gasteiger charge is 2.29. The first-order valence-electron chi connectivity index (χ1n) is 9.17. The van der Waals surface area contributed by atoms with Crippen molar-refractivity contribution in [3.05, 3.63) is 82.5 Å². The molecular weight excluding hydrogens is 508 g/mol. The molecule has 0 saturated heterocycles. The summed E-state index contributed by atoms with van der Waals surface area (Å²) in [5.74, 6) is -13.5. The number of hydrogen-bond acceptors (Lipinski definition) is 4. The van der Waals surface area contributed by atoms with Crippen LogP contribution >= 0.6 is 11.6 Å². The second-order valence-electron chi connectivity index (χ2n) is 6.73. The van der Waals surface area contributed by atoms with Crippen LogP contribution in [0.2, 0.25) is 5.02 Å². The van der Waals surface area contributed by atoms with Gasteiger partial charge < -0.3 is 8.92 Å². The summed E-state index contributed by atoms with van der Waals surface area (Å²) in [5.41, 5.74) is 0.546. The molecule has 0 amide bonds. The van der Waals surface area contributed by atoms with Crippen LogP contribution in [0.4, 0.5) is 26.3 Å². The largest absolute Gasteiger partial charge is 0.496 e. The molecule has 0 bridgehead atoms. The number of fused-ring (bicyclic) bond motifs is 1. The maximum atomic E-state index is 14.1. The molecule has 12 heteroatoms. The van der Waals surface area contributed by atoms with Gasteiger partial charge in [-0.15, -0.1) is 0 Å². The fourth-order valence-electron chi connectivity index (χ4n) is 3.14. The van der Waals surface area contributed by atoms with Crippen molar-refractivity contribution >= 4 is 33.5 Å². The van der Waals surface area contributed by atoms with Gasteiger partial charge in [-0.3, -0.25) is 4.98 Å². The molecule has 0 saturated carbocycles. The molecular formula is C22H10ClF6NO3S. The van der Waals surface area contributed by atoms with Crippen LogP contribution in [0.15, 0.2) is 47.5 Å². The Kier molecular flexibility index (Phi) is 6.41. The van der Waals surface area contributed by atoms with Crippen molar-refractivity contribution in [1.29, 1.82) is 0 Å². The van der Waals surface area contributed by atoms with Gasteiger partial charge in [-0.1, -0.05) is 17.7 Å². The minimum Gasteiger partial charge on any atom is -0.496 e. The van der Waals surface area contributed by atoms with Gasteiger partial charge in [0.2, 0.25) is 45.9 Å². The zero-order chi connectivity index (χ0) is 24.7.